The molecule has 5 atom stereocenters. The molecule has 1 saturated carbocycles. The van der Waals surface area contributed by atoms with Crippen LogP contribution in [0.15, 0.2) is 77.0 Å². The first-order chi connectivity index (χ1) is 34.7. The molecule has 72 heavy (non-hydrogen) atoms. The quantitative estimate of drug-likeness (QED) is 0.150. The van der Waals surface area contributed by atoms with Crippen molar-refractivity contribution in [1.29, 1.82) is 0 Å². The molecular weight excluding hydrogens is 918 g/mol. The second-order valence-electron chi connectivity index (χ2n) is 21.1. The zero-order valence-corrected chi connectivity index (χ0v) is 41.8. The Hall–Kier alpha value is -6.97. The Morgan fingerprint density at radius 3 is 1.93 bits per heavy atom. The van der Waals surface area contributed by atoms with Crippen molar-refractivity contribution in [2.75, 3.05) is 33.9 Å². The van der Waals surface area contributed by atoms with Crippen molar-refractivity contribution in [3.05, 3.63) is 95.1 Å². The van der Waals surface area contributed by atoms with Gasteiger partial charge >= 0.3 is 12.2 Å². The number of carbonyl (C=O) groups is 4. The Morgan fingerprint density at radius 1 is 0.736 bits per heavy atom. The minimum atomic E-state index is -0.748. The number of fused-ring (bicyclic) bond motifs is 7. The molecule has 4 amide bonds. The predicted octanol–water partition coefficient (Wildman–Crippen LogP) is 9.32. The minimum absolute atomic E-state index is 0.135. The topological polar surface area (TPSA) is 165 Å². The number of carbonyl (C=O) groups excluding carboxylic acids is 4. The number of hydrogen-bond acceptors (Lipinski definition) is 10. The standard InChI is InChI=1S/C56H62FN7O8/c1-30(2)49(60-54(67)69-5)51(65)62-18-7-9-43(62)40-23-36(28-58-40)32-12-14-42-35(21-32)25-45-48-39(57)22-34(27-47(48)72-53(64(42)45)33-11-13-38-46(26-33)71-20-17-56(38)15-16-56)37-24-41(59-29-37)44-10-8-19-63(44)52(66)50(31(3)4)61-55(68)70-6/h11-14,21-22,25-31,43-44,49-50,53H,7-10,15-20,23-24H2,1-6H3,(H,60,67)(H,61,68)/t43-,44-,49-,50-,53?/m0/s1. The van der Waals surface area contributed by atoms with Gasteiger partial charge in [-0.25, -0.2) is 14.0 Å². The number of ether oxygens (including phenoxy) is 4. The number of aromatic nitrogens is 1. The smallest absolute Gasteiger partial charge is 0.407 e. The van der Waals surface area contributed by atoms with Crippen LogP contribution in [0, 0.1) is 17.7 Å². The van der Waals surface area contributed by atoms with Gasteiger partial charge in [-0.1, -0.05) is 45.9 Å². The molecule has 1 spiro atoms. The molecule has 11 rings (SSSR count). The molecule has 1 unspecified atom stereocenters. The molecule has 6 aliphatic heterocycles. The first-order valence-electron chi connectivity index (χ1n) is 25.5. The molecule has 0 bridgehead atoms. The van der Waals surface area contributed by atoms with Gasteiger partial charge in [0, 0.05) is 71.7 Å². The number of rotatable bonds is 11. The Labute approximate surface area is 418 Å². The molecule has 7 heterocycles. The highest BCUT2D eigenvalue weighted by molar-refractivity contribution is 6.06. The molecule has 7 aliphatic rings. The van der Waals surface area contributed by atoms with E-state index in [9.17, 15) is 19.2 Å². The van der Waals surface area contributed by atoms with Crippen LogP contribution in [0.2, 0.25) is 0 Å². The summed E-state index contributed by atoms with van der Waals surface area (Å²) in [7, 11) is 2.57. The Bertz CT molecular complexity index is 3040. The van der Waals surface area contributed by atoms with Crippen LogP contribution >= 0.6 is 0 Å². The fourth-order valence-corrected chi connectivity index (χ4v) is 12.0. The van der Waals surface area contributed by atoms with Crippen molar-refractivity contribution in [3.8, 4) is 22.8 Å². The number of amides is 4. The third-order valence-corrected chi connectivity index (χ3v) is 16.1. The summed E-state index contributed by atoms with van der Waals surface area (Å²) in [4.78, 5) is 65.6. The fraction of sp³-hybridized carbons (Fsp3) is 0.464. The van der Waals surface area contributed by atoms with Gasteiger partial charge in [-0.05, 0) is 115 Å². The van der Waals surface area contributed by atoms with Crippen molar-refractivity contribution in [1.82, 2.24) is 25.0 Å². The second kappa shape index (κ2) is 18.6. The van der Waals surface area contributed by atoms with Gasteiger partial charge in [0.15, 0.2) is 0 Å². The van der Waals surface area contributed by atoms with Crippen molar-refractivity contribution in [3.63, 3.8) is 0 Å². The van der Waals surface area contributed by atoms with Gasteiger partial charge in [-0.2, -0.15) is 0 Å². The van der Waals surface area contributed by atoms with Gasteiger partial charge in [-0.15, -0.1) is 0 Å². The van der Waals surface area contributed by atoms with E-state index >= 15 is 4.39 Å². The van der Waals surface area contributed by atoms with Crippen LogP contribution in [0.4, 0.5) is 14.0 Å². The molecule has 1 aliphatic carbocycles. The lowest BCUT2D eigenvalue weighted by Crippen LogP contribution is -2.53. The molecule has 1 aromatic heterocycles. The summed E-state index contributed by atoms with van der Waals surface area (Å²) < 4.78 is 42.2. The van der Waals surface area contributed by atoms with E-state index < -0.39 is 36.3 Å². The van der Waals surface area contributed by atoms with Crippen LogP contribution in [0.25, 0.3) is 33.3 Å². The number of likely N-dealkylation sites (tertiary alicyclic amines) is 2. The molecule has 2 N–H and O–H groups in total. The van der Waals surface area contributed by atoms with Crippen LogP contribution in [0.1, 0.15) is 114 Å². The predicted molar refractivity (Wildman–Crippen MR) is 271 cm³/mol. The zero-order valence-electron chi connectivity index (χ0n) is 41.8. The average molecular weight is 980 g/mol. The maximum absolute atomic E-state index is 17.1. The van der Waals surface area contributed by atoms with Gasteiger partial charge in [0.2, 0.25) is 18.0 Å². The molecule has 3 fully saturated rings. The van der Waals surface area contributed by atoms with E-state index in [0.717, 1.165) is 95.3 Å². The number of halogens is 1. The number of alkyl carbamates (subject to hydrolysis) is 2. The van der Waals surface area contributed by atoms with Crippen molar-refractivity contribution in [2.24, 2.45) is 21.8 Å². The van der Waals surface area contributed by atoms with E-state index in [2.05, 4.69) is 51.6 Å². The number of benzene rings is 3. The van der Waals surface area contributed by atoms with E-state index in [1.165, 1.54) is 19.8 Å². The van der Waals surface area contributed by atoms with Gasteiger partial charge < -0.3 is 43.9 Å². The first-order valence-corrected chi connectivity index (χ1v) is 25.5. The highest BCUT2D eigenvalue weighted by Crippen LogP contribution is 2.57. The molecule has 376 valence electrons. The highest BCUT2D eigenvalue weighted by Gasteiger charge is 2.48. The Kier molecular flexibility index (Phi) is 12.2. The summed E-state index contributed by atoms with van der Waals surface area (Å²) >= 11 is 0. The molecular formula is C56H62FN7O8. The van der Waals surface area contributed by atoms with E-state index in [-0.39, 0.29) is 41.1 Å². The maximum Gasteiger partial charge on any atom is 0.407 e. The van der Waals surface area contributed by atoms with Crippen molar-refractivity contribution in [2.45, 2.75) is 121 Å². The summed E-state index contributed by atoms with van der Waals surface area (Å²) in [5.41, 5.74) is 9.43. The average Bonchev–Trinajstić information content (AvgIpc) is 4.07. The number of aliphatic imine (C=N–C) groups is 2. The lowest BCUT2D eigenvalue weighted by atomic mass is 9.89. The molecule has 4 aromatic rings. The lowest BCUT2D eigenvalue weighted by Gasteiger charge is -2.32. The largest absolute Gasteiger partial charge is 0.493 e. The third-order valence-electron chi connectivity index (χ3n) is 16.1. The van der Waals surface area contributed by atoms with Crippen LogP contribution < -0.4 is 20.1 Å². The minimum Gasteiger partial charge on any atom is -0.493 e. The van der Waals surface area contributed by atoms with Crippen molar-refractivity contribution >= 4 is 57.5 Å². The van der Waals surface area contributed by atoms with E-state index in [1.807, 2.05) is 55.8 Å². The highest BCUT2D eigenvalue weighted by atomic mass is 19.1. The number of hydrogen-bond donors (Lipinski definition) is 2. The number of allylic oxidation sites excluding steroid dienone is 2. The monoisotopic (exact) mass is 979 g/mol. The van der Waals surface area contributed by atoms with Gasteiger partial charge in [0.1, 0.15) is 29.4 Å². The number of nitrogens with one attached hydrogen (secondary N) is 2. The number of methoxy groups -OCH3 is 2. The summed E-state index contributed by atoms with van der Waals surface area (Å²) in [6.45, 7) is 9.38. The molecule has 2 saturated heterocycles. The number of nitrogens with zero attached hydrogens (tertiary/aromatic N) is 5. The van der Waals surface area contributed by atoms with Crippen LogP contribution in [0.3, 0.4) is 0 Å². The van der Waals surface area contributed by atoms with E-state index in [0.29, 0.717) is 55.1 Å². The van der Waals surface area contributed by atoms with Crippen molar-refractivity contribution < 1.29 is 42.5 Å². The fourth-order valence-electron chi connectivity index (χ4n) is 12.0. The van der Waals surface area contributed by atoms with Crippen LogP contribution in [0.5, 0.6) is 11.5 Å². The molecule has 0 radical (unpaired) electrons. The van der Waals surface area contributed by atoms with Gasteiger partial charge in [-0.3, -0.25) is 19.6 Å². The Balaban J connectivity index is 0.886. The van der Waals surface area contributed by atoms with E-state index in [4.69, 9.17) is 28.9 Å². The second-order valence-corrected chi connectivity index (χ2v) is 21.1. The first kappa shape index (κ1) is 47.4. The maximum atomic E-state index is 17.1. The van der Waals surface area contributed by atoms with Gasteiger partial charge in [0.05, 0.1) is 49.7 Å². The zero-order chi connectivity index (χ0) is 50.2. The molecule has 16 heteroatoms. The van der Waals surface area contributed by atoms with Gasteiger partial charge in [0.25, 0.3) is 0 Å². The Morgan fingerprint density at radius 2 is 1.35 bits per heavy atom. The summed E-state index contributed by atoms with van der Waals surface area (Å²) in [5, 5.41) is 6.36. The normalized spacial score (nSPS) is 22.3. The van der Waals surface area contributed by atoms with Crippen LogP contribution in [-0.4, -0.2) is 108 Å². The summed E-state index contributed by atoms with van der Waals surface area (Å²) in [5.74, 6) is 0.250. The summed E-state index contributed by atoms with van der Waals surface area (Å²) in [6.07, 6.45) is 9.19. The molecule has 3 aromatic carbocycles. The molecule has 15 nitrogen and oxygen atoms in total. The third kappa shape index (κ3) is 8.29. The van der Waals surface area contributed by atoms with Crippen LogP contribution in [-0.2, 0) is 24.5 Å². The summed E-state index contributed by atoms with van der Waals surface area (Å²) in [6, 6.07) is 16.3. The van der Waals surface area contributed by atoms with E-state index in [1.54, 1.807) is 12.3 Å². The lowest BCUT2D eigenvalue weighted by molar-refractivity contribution is -0.134. The SMILES string of the molecule is COC(=O)N[C@H](C(=O)N1CCC[C@H]1C1=NC=C(c2cc(F)c3c(c2)OC(c2ccc4c(c2)OCCC42CC2)n2c-3cc3cc(C4=CN=C([C@@H]5CCCN5C(=O)[C@@H](NC(=O)OC)C(C)C)C4)ccc32)C1)C(C)C.